The number of hydrogen-bond acceptors (Lipinski definition) is 5. The number of halogens is 1. The van der Waals surface area contributed by atoms with Gasteiger partial charge in [0.25, 0.3) is 0 Å². The van der Waals surface area contributed by atoms with Crippen LogP contribution in [0.1, 0.15) is 0 Å². The van der Waals surface area contributed by atoms with Gasteiger partial charge in [-0.25, -0.2) is 0 Å². The number of nitrogens with zero attached hydrogens (tertiary/aromatic N) is 3. The second kappa shape index (κ2) is 9.16. The maximum absolute atomic E-state index is 6.17. The number of fused-ring (bicyclic) bond motifs is 2. The molecular formula is C29H19BrN4O. The Labute approximate surface area is 210 Å². The van der Waals surface area contributed by atoms with Crippen LogP contribution in [-0.2, 0) is 0 Å². The van der Waals surface area contributed by atoms with E-state index >= 15 is 0 Å². The van der Waals surface area contributed by atoms with E-state index in [1.165, 1.54) is 0 Å². The van der Waals surface area contributed by atoms with E-state index in [1.807, 2.05) is 91.0 Å². The first-order chi connectivity index (χ1) is 17.2. The second-order valence-electron chi connectivity index (χ2n) is 8.03. The lowest BCUT2D eigenvalue weighted by molar-refractivity contribution is 0.488. The fourth-order valence-corrected chi connectivity index (χ4v) is 4.42. The summed E-state index contributed by atoms with van der Waals surface area (Å²) in [5.41, 5.74) is 3.69. The largest absolute Gasteiger partial charge is 0.457 e. The van der Waals surface area contributed by atoms with Crippen molar-refractivity contribution >= 4 is 49.1 Å². The fraction of sp³-hybridized carbons (Fsp3) is 0. The van der Waals surface area contributed by atoms with E-state index in [1.54, 1.807) is 6.20 Å². The van der Waals surface area contributed by atoms with Gasteiger partial charge in [0.15, 0.2) is 5.82 Å². The Morgan fingerprint density at radius 2 is 1.46 bits per heavy atom. The lowest BCUT2D eigenvalue weighted by atomic mass is 10.0. The van der Waals surface area contributed by atoms with Crippen LogP contribution in [0.25, 0.3) is 32.9 Å². The van der Waals surface area contributed by atoms with Crippen molar-refractivity contribution in [2.45, 2.75) is 0 Å². The molecule has 0 spiro atoms. The van der Waals surface area contributed by atoms with Gasteiger partial charge in [0.1, 0.15) is 17.2 Å². The van der Waals surface area contributed by atoms with Crippen molar-refractivity contribution in [1.29, 1.82) is 0 Å². The van der Waals surface area contributed by atoms with Gasteiger partial charge >= 0.3 is 0 Å². The molecule has 0 radical (unpaired) electrons. The molecule has 0 aliphatic heterocycles. The third-order valence-corrected chi connectivity index (χ3v) is 6.24. The maximum atomic E-state index is 6.17. The van der Waals surface area contributed by atoms with E-state index < -0.39 is 0 Å². The molecule has 0 saturated carbocycles. The van der Waals surface area contributed by atoms with Gasteiger partial charge in [0, 0.05) is 38.1 Å². The van der Waals surface area contributed by atoms with Crippen LogP contribution in [0.5, 0.6) is 11.5 Å². The summed E-state index contributed by atoms with van der Waals surface area (Å²) >= 11 is 3.53. The molecule has 0 saturated heterocycles. The maximum Gasteiger partial charge on any atom is 0.161 e. The molecule has 35 heavy (non-hydrogen) atoms. The monoisotopic (exact) mass is 518 g/mol. The SMILES string of the molecule is Brc1ccc2nccc(Oc3ccc(Nc4nnc(-c5ccccc5)c5ccccc45)cc3)c2c1. The van der Waals surface area contributed by atoms with Gasteiger partial charge < -0.3 is 10.1 Å². The molecule has 168 valence electrons. The highest BCUT2D eigenvalue weighted by Gasteiger charge is 2.11. The minimum Gasteiger partial charge on any atom is -0.457 e. The molecule has 0 atom stereocenters. The highest BCUT2D eigenvalue weighted by Crippen LogP contribution is 2.33. The molecule has 0 aliphatic carbocycles. The zero-order chi connectivity index (χ0) is 23.6. The molecule has 0 amide bonds. The Kier molecular flexibility index (Phi) is 5.56. The molecule has 5 nitrogen and oxygen atoms in total. The first-order valence-electron chi connectivity index (χ1n) is 11.1. The molecular weight excluding hydrogens is 500 g/mol. The van der Waals surface area contributed by atoms with E-state index in [0.717, 1.165) is 54.6 Å². The van der Waals surface area contributed by atoms with Crippen LogP contribution in [0, 0.1) is 0 Å². The summed E-state index contributed by atoms with van der Waals surface area (Å²) in [5, 5.41) is 15.5. The van der Waals surface area contributed by atoms with E-state index in [2.05, 4.69) is 48.6 Å². The summed E-state index contributed by atoms with van der Waals surface area (Å²) in [6, 6.07) is 33.9. The lowest BCUT2D eigenvalue weighted by Crippen LogP contribution is -1.99. The van der Waals surface area contributed by atoms with E-state index in [9.17, 15) is 0 Å². The second-order valence-corrected chi connectivity index (χ2v) is 8.95. The Morgan fingerprint density at radius 1 is 0.686 bits per heavy atom. The number of rotatable bonds is 5. The van der Waals surface area contributed by atoms with Crippen LogP contribution in [0.2, 0.25) is 0 Å². The smallest absolute Gasteiger partial charge is 0.161 e. The summed E-state index contributed by atoms with van der Waals surface area (Å²) in [5.74, 6) is 2.20. The van der Waals surface area contributed by atoms with Gasteiger partial charge in [-0.15, -0.1) is 10.2 Å². The number of benzene rings is 4. The van der Waals surface area contributed by atoms with Gasteiger partial charge in [-0.1, -0.05) is 70.5 Å². The molecule has 2 heterocycles. The van der Waals surface area contributed by atoms with Crippen molar-refractivity contribution in [1.82, 2.24) is 15.2 Å². The highest BCUT2D eigenvalue weighted by atomic mass is 79.9. The first-order valence-corrected chi connectivity index (χ1v) is 11.9. The normalized spacial score (nSPS) is 11.0. The van der Waals surface area contributed by atoms with E-state index in [0.29, 0.717) is 5.82 Å². The number of ether oxygens (including phenoxy) is 1. The third kappa shape index (κ3) is 4.32. The predicted octanol–water partition coefficient (Wildman–Crippen LogP) is 8.14. The minimum absolute atomic E-state index is 0.707. The number of aromatic nitrogens is 3. The molecule has 6 rings (SSSR count). The van der Waals surface area contributed by atoms with Crippen LogP contribution in [0.3, 0.4) is 0 Å². The molecule has 2 aromatic heterocycles. The van der Waals surface area contributed by atoms with Crippen LogP contribution in [0.4, 0.5) is 11.5 Å². The third-order valence-electron chi connectivity index (χ3n) is 5.74. The Bertz CT molecular complexity index is 1650. The Balaban J connectivity index is 1.28. The molecule has 0 aliphatic rings. The average Bonchev–Trinajstić information content (AvgIpc) is 2.91. The molecule has 0 fully saturated rings. The van der Waals surface area contributed by atoms with Crippen molar-refractivity contribution in [3.63, 3.8) is 0 Å². The zero-order valence-corrected chi connectivity index (χ0v) is 20.1. The molecule has 0 bridgehead atoms. The highest BCUT2D eigenvalue weighted by molar-refractivity contribution is 9.10. The van der Waals surface area contributed by atoms with Gasteiger partial charge in [0.2, 0.25) is 0 Å². The summed E-state index contributed by atoms with van der Waals surface area (Å²) in [7, 11) is 0. The number of hydrogen-bond donors (Lipinski definition) is 1. The number of nitrogens with one attached hydrogen (secondary N) is 1. The lowest BCUT2D eigenvalue weighted by Gasteiger charge is -2.12. The van der Waals surface area contributed by atoms with Crippen molar-refractivity contribution in [3.8, 4) is 22.8 Å². The fourth-order valence-electron chi connectivity index (χ4n) is 4.06. The van der Waals surface area contributed by atoms with Crippen LogP contribution >= 0.6 is 15.9 Å². The van der Waals surface area contributed by atoms with Gasteiger partial charge in [-0.05, 0) is 48.5 Å². The number of pyridine rings is 1. The van der Waals surface area contributed by atoms with Gasteiger partial charge in [-0.2, -0.15) is 0 Å². The van der Waals surface area contributed by atoms with Crippen molar-refractivity contribution in [3.05, 3.63) is 114 Å². The van der Waals surface area contributed by atoms with Gasteiger partial charge in [0.05, 0.1) is 5.52 Å². The summed E-state index contributed by atoms with van der Waals surface area (Å²) in [4.78, 5) is 4.41. The van der Waals surface area contributed by atoms with Crippen LogP contribution in [0.15, 0.2) is 114 Å². The summed E-state index contributed by atoms with van der Waals surface area (Å²) in [6.45, 7) is 0. The Morgan fingerprint density at radius 3 is 2.29 bits per heavy atom. The predicted molar refractivity (Wildman–Crippen MR) is 144 cm³/mol. The number of anilines is 2. The molecule has 1 N–H and O–H groups in total. The topological polar surface area (TPSA) is 59.9 Å². The average molecular weight is 519 g/mol. The molecule has 0 unspecified atom stereocenters. The standard InChI is InChI=1S/C29H19BrN4O/c30-20-10-15-26-25(18-20)27(16-17-31-26)35-22-13-11-21(12-14-22)32-29-24-9-5-4-8-23(24)28(33-34-29)19-6-2-1-3-7-19/h1-18H,(H,32,34). The molecule has 6 aromatic rings. The minimum atomic E-state index is 0.707. The van der Waals surface area contributed by atoms with Gasteiger partial charge in [-0.3, -0.25) is 4.98 Å². The van der Waals surface area contributed by atoms with E-state index in [-0.39, 0.29) is 0 Å². The summed E-state index contributed by atoms with van der Waals surface area (Å²) in [6.07, 6.45) is 1.75. The first kappa shape index (κ1) is 21.3. The molecule has 4 aromatic carbocycles. The molecule has 6 heteroatoms. The van der Waals surface area contributed by atoms with Crippen molar-refractivity contribution in [2.24, 2.45) is 0 Å². The van der Waals surface area contributed by atoms with Crippen LogP contribution < -0.4 is 10.1 Å². The Hall–Kier alpha value is -4.29. The summed E-state index contributed by atoms with van der Waals surface area (Å²) < 4.78 is 7.15. The van der Waals surface area contributed by atoms with Crippen molar-refractivity contribution in [2.75, 3.05) is 5.32 Å². The van der Waals surface area contributed by atoms with Crippen molar-refractivity contribution < 1.29 is 4.74 Å². The quantitative estimate of drug-likeness (QED) is 0.249. The van der Waals surface area contributed by atoms with E-state index in [4.69, 9.17) is 4.74 Å². The van der Waals surface area contributed by atoms with Crippen LogP contribution in [-0.4, -0.2) is 15.2 Å². The zero-order valence-electron chi connectivity index (χ0n) is 18.5.